The normalized spacial score (nSPS) is 16.3. The molecule has 3 rings (SSSR count). The summed E-state index contributed by atoms with van der Waals surface area (Å²) in [6.07, 6.45) is 2.36. The van der Waals surface area contributed by atoms with E-state index in [2.05, 4.69) is 29.2 Å². The average molecular weight is 291 g/mol. The maximum absolute atomic E-state index is 8.98. The van der Waals surface area contributed by atoms with Crippen molar-refractivity contribution in [1.82, 2.24) is 4.90 Å². The molecule has 2 aromatic rings. The van der Waals surface area contributed by atoms with E-state index in [0.717, 1.165) is 30.9 Å². The van der Waals surface area contributed by atoms with Gasteiger partial charge in [-0.2, -0.15) is 5.26 Å². The number of hydrogen-bond acceptors (Lipinski definition) is 3. The van der Waals surface area contributed by atoms with Crippen LogP contribution in [0.2, 0.25) is 0 Å². The van der Waals surface area contributed by atoms with Crippen LogP contribution in [0.1, 0.15) is 35.4 Å². The highest BCUT2D eigenvalue weighted by Gasteiger charge is 2.20. The number of piperidine rings is 1. The van der Waals surface area contributed by atoms with Crippen molar-refractivity contribution in [1.29, 1.82) is 5.26 Å². The zero-order valence-electron chi connectivity index (χ0n) is 12.7. The van der Waals surface area contributed by atoms with Gasteiger partial charge >= 0.3 is 0 Å². The van der Waals surface area contributed by atoms with Crippen LogP contribution in [0.25, 0.3) is 0 Å². The number of anilines is 1. The molecule has 0 aromatic heterocycles. The molecule has 0 atom stereocenters. The van der Waals surface area contributed by atoms with Crippen molar-refractivity contribution in [3.63, 3.8) is 0 Å². The molecule has 1 aliphatic heterocycles. The molecular formula is C19H21N3. The highest BCUT2D eigenvalue weighted by atomic mass is 15.1. The number of nitrogen functional groups attached to an aromatic ring is 1. The van der Waals surface area contributed by atoms with Gasteiger partial charge in [-0.25, -0.2) is 0 Å². The molecule has 1 saturated heterocycles. The summed E-state index contributed by atoms with van der Waals surface area (Å²) in [4.78, 5) is 2.48. The standard InChI is InChI=1S/C19H21N3/c20-13-15-2-1-3-16(12-15)14-22-10-8-18(9-11-22)17-4-6-19(21)7-5-17/h1-7,12,18H,8-11,14,21H2. The molecule has 112 valence electrons. The van der Waals surface area contributed by atoms with Crippen LogP contribution in [0, 0.1) is 11.3 Å². The van der Waals surface area contributed by atoms with Gasteiger partial charge in [0.15, 0.2) is 0 Å². The van der Waals surface area contributed by atoms with E-state index in [1.807, 2.05) is 30.3 Å². The van der Waals surface area contributed by atoms with Gasteiger partial charge in [-0.1, -0.05) is 24.3 Å². The third-order valence-corrected chi connectivity index (χ3v) is 4.46. The van der Waals surface area contributed by atoms with E-state index >= 15 is 0 Å². The van der Waals surface area contributed by atoms with Crippen LogP contribution >= 0.6 is 0 Å². The predicted molar refractivity (Wildman–Crippen MR) is 89.3 cm³/mol. The summed E-state index contributed by atoms with van der Waals surface area (Å²) >= 11 is 0. The van der Waals surface area contributed by atoms with E-state index in [0.29, 0.717) is 5.92 Å². The molecule has 3 nitrogen and oxygen atoms in total. The fourth-order valence-electron chi connectivity index (χ4n) is 3.19. The number of benzene rings is 2. The van der Waals surface area contributed by atoms with E-state index in [-0.39, 0.29) is 0 Å². The van der Waals surface area contributed by atoms with E-state index in [1.54, 1.807) is 0 Å². The number of nitriles is 1. The monoisotopic (exact) mass is 291 g/mol. The molecule has 0 amide bonds. The van der Waals surface area contributed by atoms with E-state index in [1.165, 1.54) is 24.0 Å². The van der Waals surface area contributed by atoms with E-state index < -0.39 is 0 Å². The maximum atomic E-state index is 8.98. The summed E-state index contributed by atoms with van der Waals surface area (Å²) in [5.74, 6) is 0.641. The van der Waals surface area contributed by atoms with Crippen molar-refractivity contribution in [2.45, 2.75) is 25.3 Å². The van der Waals surface area contributed by atoms with Gasteiger partial charge in [0, 0.05) is 12.2 Å². The van der Waals surface area contributed by atoms with Crippen molar-refractivity contribution >= 4 is 5.69 Å². The van der Waals surface area contributed by atoms with Gasteiger partial charge in [-0.3, -0.25) is 4.90 Å². The first-order chi connectivity index (χ1) is 10.7. The molecule has 2 aromatic carbocycles. The van der Waals surface area contributed by atoms with Crippen LogP contribution in [-0.4, -0.2) is 18.0 Å². The molecule has 2 N–H and O–H groups in total. The van der Waals surface area contributed by atoms with Gasteiger partial charge in [0.1, 0.15) is 0 Å². The van der Waals surface area contributed by atoms with Crippen molar-refractivity contribution < 1.29 is 0 Å². The van der Waals surface area contributed by atoms with Gasteiger partial charge in [-0.05, 0) is 67.2 Å². The molecule has 0 spiro atoms. The second-order valence-corrected chi connectivity index (χ2v) is 6.03. The summed E-state index contributed by atoms with van der Waals surface area (Å²) in [6, 6.07) is 18.4. The van der Waals surface area contributed by atoms with Crippen molar-refractivity contribution in [2.24, 2.45) is 0 Å². The van der Waals surface area contributed by atoms with Crippen molar-refractivity contribution in [3.8, 4) is 6.07 Å². The van der Waals surface area contributed by atoms with Crippen molar-refractivity contribution in [3.05, 3.63) is 65.2 Å². The molecule has 0 saturated carbocycles. The number of nitrogens with zero attached hydrogens (tertiary/aromatic N) is 2. The Bertz CT molecular complexity index is 662. The van der Waals surface area contributed by atoms with Gasteiger partial charge in [0.05, 0.1) is 11.6 Å². The van der Waals surface area contributed by atoms with Crippen LogP contribution in [0.15, 0.2) is 48.5 Å². The summed E-state index contributed by atoms with van der Waals surface area (Å²) in [6.45, 7) is 3.14. The third-order valence-electron chi connectivity index (χ3n) is 4.46. The van der Waals surface area contributed by atoms with Gasteiger partial charge in [0.2, 0.25) is 0 Å². The quantitative estimate of drug-likeness (QED) is 0.880. The molecule has 3 heteroatoms. The molecule has 0 unspecified atom stereocenters. The Labute approximate surface area is 132 Å². The summed E-state index contributed by atoms with van der Waals surface area (Å²) in [5.41, 5.74) is 9.96. The lowest BCUT2D eigenvalue weighted by Gasteiger charge is -2.32. The molecular weight excluding hydrogens is 270 g/mol. The highest BCUT2D eigenvalue weighted by molar-refractivity contribution is 5.40. The highest BCUT2D eigenvalue weighted by Crippen LogP contribution is 2.29. The topological polar surface area (TPSA) is 53.0 Å². The van der Waals surface area contributed by atoms with Crippen LogP contribution in [-0.2, 0) is 6.54 Å². The van der Waals surface area contributed by atoms with Gasteiger partial charge < -0.3 is 5.73 Å². The second kappa shape index (κ2) is 6.64. The van der Waals surface area contributed by atoms with E-state index in [4.69, 9.17) is 11.0 Å². The zero-order valence-corrected chi connectivity index (χ0v) is 12.7. The maximum Gasteiger partial charge on any atom is 0.0991 e. The Morgan fingerprint density at radius 3 is 2.50 bits per heavy atom. The molecule has 0 aliphatic carbocycles. The van der Waals surface area contributed by atoms with Gasteiger partial charge in [-0.15, -0.1) is 0 Å². The van der Waals surface area contributed by atoms with Gasteiger partial charge in [0.25, 0.3) is 0 Å². The smallest absolute Gasteiger partial charge is 0.0991 e. The lowest BCUT2D eigenvalue weighted by atomic mass is 9.89. The lowest BCUT2D eigenvalue weighted by Crippen LogP contribution is -2.32. The minimum Gasteiger partial charge on any atom is -0.399 e. The first-order valence-corrected chi connectivity index (χ1v) is 7.81. The fourth-order valence-corrected chi connectivity index (χ4v) is 3.19. The Balaban J connectivity index is 1.57. The van der Waals surface area contributed by atoms with Crippen LogP contribution in [0.3, 0.4) is 0 Å². The molecule has 1 aliphatic rings. The molecule has 0 bridgehead atoms. The molecule has 1 heterocycles. The first kappa shape index (κ1) is 14.6. The van der Waals surface area contributed by atoms with Crippen LogP contribution < -0.4 is 5.73 Å². The summed E-state index contributed by atoms with van der Waals surface area (Å²) in [5, 5.41) is 8.98. The number of nitrogens with two attached hydrogens (primary N) is 1. The van der Waals surface area contributed by atoms with Crippen LogP contribution in [0.5, 0.6) is 0 Å². The second-order valence-electron chi connectivity index (χ2n) is 6.03. The average Bonchev–Trinajstić information content (AvgIpc) is 2.57. The van der Waals surface area contributed by atoms with E-state index in [9.17, 15) is 0 Å². The first-order valence-electron chi connectivity index (χ1n) is 7.81. The fraction of sp³-hybridized carbons (Fsp3) is 0.316. The SMILES string of the molecule is N#Cc1cccc(CN2CCC(c3ccc(N)cc3)CC2)c1. The Morgan fingerprint density at radius 2 is 1.82 bits per heavy atom. The third kappa shape index (κ3) is 3.47. The zero-order chi connectivity index (χ0) is 15.4. The Kier molecular flexibility index (Phi) is 4.41. The van der Waals surface area contributed by atoms with Crippen LogP contribution in [0.4, 0.5) is 5.69 Å². The summed E-state index contributed by atoms with van der Waals surface area (Å²) in [7, 11) is 0. The van der Waals surface area contributed by atoms with Crippen molar-refractivity contribution in [2.75, 3.05) is 18.8 Å². The summed E-state index contributed by atoms with van der Waals surface area (Å²) < 4.78 is 0. The Morgan fingerprint density at radius 1 is 1.09 bits per heavy atom. The predicted octanol–water partition coefficient (Wildman–Crippen LogP) is 3.52. The molecule has 1 fully saturated rings. The number of hydrogen-bond donors (Lipinski definition) is 1. The lowest BCUT2D eigenvalue weighted by molar-refractivity contribution is 0.204. The number of rotatable bonds is 3. The molecule has 0 radical (unpaired) electrons. The number of likely N-dealkylation sites (tertiary alicyclic amines) is 1. The minimum atomic E-state index is 0.641. The molecule has 22 heavy (non-hydrogen) atoms. The largest absolute Gasteiger partial charge is 0.399 e. The minimum absolute atomic E-state index is 0.641. The Hall–Kier alpha value is -2.31.